The van der Waals surface area contributed by atoms with Crippen LogP contribution >= 0.6 is 0 Å². The molecule has 1 saturated heterocycles. The number of ether oxygens (including phenoxy) is 1. The smallest absolute Gasteiger partial charge is 0.406 e. The predicted octanol–water partition coefficient (Wildman–Crippen LogP) is 2.25. The number of nitrogens with two attached hydrogens (primary N) is 1. The highest BCUT2D eigenvalue weighted by Crippen LogP contribution is 2.33. The van der Waals surface area contributed by atoms with Crippen molar-refractivity contribution in [2.24, 2.45) is 10.1 Å². The molecule has 2 aromatic carbocycles. The quantitative estimate of drug-likeness (QED) is 0.543. The number of nitrogens with one attached hydrogen (secondary N) is 1. The molecule has 2 aliphatic rings. The van der Waals surface area contributed by atoms with Crippen LogP contribution < -0.4 is 15.2 Å². The van der Waals surface area contributed by atoms with Gasteiger partial charge in [-0.25, -0.2) is 22.0 Å². The molecule has 1 amide bonds. The normalized spacial score (nSPS) is 18.6. The van der Waals surface area contributed by atoms with Crippen molar-refractivity contribution in [3.8, 4) is 5.75 Å². The minimum Gasteiger partial charge on any atom is -0.406 e. The molecule has 38 heavy (non-hydrogen) atoms. The van der Waals surface area contributed by atoms with Crippen LogP contribution in [0.1, 0.15) is 29.5 Å². The number of primary sulfonamides is 1. The van der Waals surface area contributed by atoms with Gasteiger partial charge in [-0.3, -0.25) is 9.79 Å². The van der Waals surface area contributed by atoms with Gasteiger partial charge in [-0.1, -0.05) is 18.2 Å². The monoisotopic (exact) mass is 572 g/mol. The third kappa shape index (κ3) is 6.06. The molecule has 0 radical (unpaired) electrons. The van der Waals surface area contributed by atoms with Crippen molar-refractivity contribution in [3.63, 3.8) is 0 Å². The van der Waals surface area contributed by atoms with Gasteiger partial charge in [-0.05, 0) is 61.2 Å². The molecule has 0 aliphatic carbocycles. The Morgan fingerprint density at radius 3 is 2.39 bits per heavy atom. The first-order valence-electron chi connectivity index (χ1n) is 11.2. The van der Waals surface area contributed by atoms with Gasteiger partial charge in [0.2, 0.25) is 20.0 Å². The number of hydrogen-bond donors (Lipinski definition) is 2. The number of piperidine rings is 1. The second kappa shape index (κ2) is 9.80. The fourth-order valence-corrected chi connectivity index (χ4v) is 5.98. The number of carbonyl (C=O) groups excluding carboxylic acids is 1. The zero-order valence-corrected chi connectivity index (χ0v) is 21.5. The summed E-state index contributed by atoms with van der Waals surface area (Å²) in [7, 11) is -7.78. The lowest BCUT2D eigenvalue weighted by atomic mass is 9.89. The molecule has 0 saturated carbocycles. The van der Waals surface area contributed by atoms with Crippen LogP contribution in [-0.2, 0) is 24.8 Å². The van der Waals surface area contributed by atoms with E-state index in [4.69, 9.17) is 5.14 Å². The summed E-state index contributed by atoms with van der Waals surface area (Å²) < 4.78 is 91.6. The maximum Gasteiger partial charge on any atom is 0.573 e. The van der Waals surface area contributed by atoms with Gasteiger partial charge < -0.3 is 10.1 Å². The van der Waals surface area contributed by atoms with Crippen molar-refractivity contribution < 1.29 is 39.5 Å². The summed E-state index contributed by atoms with van der Waals surface area (Å²) in [5.41, 5.74) is -0.0318. The number of rotatable bonds is 6. The van der Waals surface area contributed by atoms with E-state index in [9.17, 15) is 34.8 Å². The Balaban J connectivity index is 1.47. The van der Waals surface area contributed by atoms with E-state index in [1.165, 1.54) is 40.7 Å². The van der Waals surface area contributed by atoms with Crippen molar-refractivity contribution in [2.45, 2.75) is 36.6 Å². The van der Waals surface area contributed by atoms with Crippen molar-refractivity contribution in [1.29, 1.82) is 0 Å². The minimum atomic E-state index is -4.87. The molecule has 2 aliphatic heterocycles. The lowest BCUT2D eigenvalue weighted by Gasteiger charge is -2.34. The third-order valence-electron chi connectivity index (χ3n) is 6.22. The number of carbonyl (C=O) groups is 1. The zero-order chi connectivity index (χ0) is 27.9. The van der Waals surface area contributed by atoms with Crippen LogP contribution in [0.3, 0.4) is 0 Å². The fraction of sp³-hybridized carbons (Fsp3) is 0.304. The Labute approximate surface area is 217 Å². The highest BCUT2D eigenvalue weighted by atomic mass is 32.2. The molecule has 15 heteroatoms. The second-order valence-electron chi connectivity index (χ2n) is 8.83. The first-order valence-corrected chi connectivity index (χ1v) is 14.2. The Hall–Kier alpha value is -3.27. The summed E-state index contributed by atoms with van der Waals surface area (Å²) in [6, 6.07) is 9.10. The molecule has 10 nitrogen and oxygen atoms in total. The van der Waals surface area contributed by atoms with Gasteiger partial charge in [0.25, 0.3) is 5.91 Å². The van der Waals surface area contributed by atoms with Crippen molar-refractivity contribution in [3.05, 3.63) is 64.6 Å². The summed E-state index contributed by atoms with van der Waals surface area (Å²) in [6.45, 7) is 1.58. The highest BCUT2D eigenvalue weighted by molar-refractivity contribution is 7.92. The Morgan fingerprint density at radius 1 is 1.11 bits per heavy atom. The maximum absolute atomic E-state index is 12.9. The van der Waals surface area contributed by atoms with E-state index in [0.717, 1.165) is 17.5 Å². The summed E-state index contributed by atoms with van der Waals surface area (Å²) >= 11 is 0. The number of hydrogen-bond acceptors (Lipinski definition) is 7. The molecule has 3 N–H and O–H groups in total. The number of aryl methyl sites for hydroxylation is 1. The van der Waals surface area contributed by atoms with E-state index in [2.05, 4.69) is 15.0 Å². The van der Waals surface area contributed by atoms with E-state index in [1.54, 1.807) is 6.92 Å². The molecule has 0 bridgehead atoms. The summed E-state index contributed by atoms with van der Waals surface area (Å²) in [6.07, 6.45) is -3.40. The van der Waals surface area contributed by atoms with Gasteiger partial charge >= 0.3 is 6.36 Å². The van der Waals surface area contributed by atoms with Crippen molar-refractivity contribution in [2.75, 3.05) is 13.1 Å². The molecule has 0 unspecified atom stereocenters. The first-order chi connectivity index (χ1) is 17.6. The molecular formula is C23H23F3N4O6S2. The number of alkyl halides is 3. The van der Waals surface area contributed by atoms with Crippen LogP contribution in [0.5, 0.6) is 5.75 Å². The zero-order valence-electron chi connectivity index (χ0n) is 19.9. The minimum absolute atomic E-state index is 0.0164. The van der Waals surface area contributed by atoms with Crippen molar-refractivity contribution in [1.82, 2.24) is 9.62 Å². The largest absolute Gasteiger partial charge is 0.573 e. The van der Waals surface area contributed by atoms with E-state index in [0.29, 0.717) is 11.1 Å². The van der Waals surface area contributed by atoms with E-state index in [1.807, 2.05) is 0 Å². The predicted molar refractivity (Wildman–Crippen MR) is 132 cm³/mol. The molecule has 0 aromatic heterocycles. The summed E-state index contributed by atoms with van der Waals surface area (Å²) in [4.78, 5) is 17.1. The molecule has 1 spiro atoms. The van der Waals surface area contributed by atoms with Gasteiger partial charge in [-0.2, -0.15) is 4.31 Å². The van der Waals surface area contributed by atoms with Crippen LogP contribution in [0, 0.1) is 6.92 Å². The number of nitrogens with zero attached hydrogens (tertiary/aromatic N) is 2. The number of amides is 1. The lowest BCUT2D eigenvalue weighted by Crippen LogP contribution is -2.50. The van der Waals surface area contributed by atoms with Crippen LogP contribution in [0.15, 0.2) is 57.8 Å². The Bertz CT molecular complexity index is 1540. The summed E-state index contributed by atoms with van der Waals surface area (Å²) in [5.74, 6) is -0.847. The Morgan fingerprint density at radius 2 is 1.79 bits per heavy atom. The highest BCUT2D eigenvalue weighted by Gasteiger charge is 2.47. The molecule has 2 heterocycles. The van der Waals surface area contributed by atoms with Gasteiger partial charge in [-0.15, -0.1) is 13.2 Å². The van der Waals surface area contributed by atoms with Crippen molar-refractivity contribution >= 4 is 37.9 Å². The van der Waals surface area contributed by atoms with E-state index < -0.39 is 43.6 Å². The van der Waals surface area contributed by atoms with Crippen LogP contribution in [0.4, 0.5) is 13.2 Å². The third-order valence-corrected chi connectivity index (χ3v) is 8.70. The summed E-state index contributed by atoms with van der Waals surface area (Å²) in [5, 5.41) is 8.70. The van der Waals surface area contributed by atoms with Gasteiger partial charge in [0.15, 0.2) is 0 Å². The molecular weight excluding hydrogens is 549 g/mol. The number of benzene rings is 2. The lowest BCUT2D eigenvalue weighted by molar-refractivity contribution is -0.274. The van der Waals surface area contributed by atoms with Gasteiger partial charge in [0.1, 0.15) is 17.1 Å². The molecule has 0 atom stereocenters. The van der Waals surface area contributed by atoms with Crippen LogP contribution in [-0.4, -0.2) is 57.9 Å². The molecule has 1 fully saturated rings. The standard InChI is InChI=1S/C23H23F3N4O6S2/c1-15-13-19(38(27,34)35)6-5-16(15)7-12-37(32,33)30-10-8-22(9-11-30)21(31)28-20(29-22)17-3-2-4-18(14-17)36-23(24,25)26/h2-7,12-14H,8-11H2,1H3,(H2,27,34,35)(H,28,29,31). The van der Waals surface area contributed by atoms with E-state index >= 15 is 0 Å². The fourth-order valence-electron chi connectivity index (χ4n) is 4.20. The van der Waals surface area contributed by atoms with Gasteiger partial charge in [0.05, 0.1) is 4.90 Å². The SMILES string of the molecule is Cc1cc(S(N)(=O)=O)ccc1C=CS(=O)(=O)N1CCC2(CC1)N=C(c1cccc(OC(F)(F)F)c1)NC2=O. The second-order valence-corrected chi connectivity index (χ2v) is 12.2. The number of amidine groups is 1. The van der Waals surface area contributed by atoms with Crippen LogP contribution in [0.2, 0.25) is 0 Å². The Kier molecular flexibility index (Phi) is 7.16. The number of aliphatic imine (C=N–C) groups is 1. The molecule has 2 aromatic rings. The maximum atomic E-state index is 12.9. The average molecular weight is 573 g/mol. The number of sulfonamides is 2. The molecule has 204 valence electrons. The first kappa shape index (κ1) is 27.8. The van der Waals surface area contributed by atoms with E-state index in [-0.39, 0.29) is 42.2 Å². The average Bonchev–Trinajstić information content (AvgIpc) is 3.12. The molecule has 4 rings (SSSR count). The number of halogens is 3. The van der Waals surface area contributed by atoms with Crippen LogP contribution in [0.25, 0.3) is 6.08 Å². The topological polar surface area (TPSA) is 148 Å². The van der Waals surface area contributed by atoms with Gasteiger partial charge in [0, 0.05) is 24.1 Å².